The number of hydrogen-bond acceptors (Lipinski definition) is 5. The van der Waals surface area contributed by atoms with E-state index in [2.05, 4.69) is 14.7 Å². The number of alkyl halides is 6. The molecule has 28 heavy (non-hydrogen) atoms. The number of nitrogens with one attached hydrogen (secondary N) is 2. The third-order valence-corrected chi connectivity index (χ3v) is 4.77. The Labute approximate surface area is 157 Å². The first kappa shape index (κ1) is 20.2. The molecule has 13 heteroatoms. The average Bonchev–Trinajstić information content (AvgIpc) is 3.23. The summed E-state index contributed by atoms with van der Waals surface area (Å²) in [4.78, 5) is 28.5. The first-order chi connectivity index (χ1) is 13.0. The summed E-state index contributed by atoms with van der Waals surface area (Å²) >= 11 is 0.606. The number of likely N-dealkylation sites (tertiary alicyclic amines) is 1. The molecule has 0 bridgehead atoms. The minimum Gasteiger partial charge on any atom is -0.345 e. The number of amides is 1. The van der Waals surface area contributed by atoms with Gasteiger partial charge in [-0.3, -0.25) is 14.0 Å². The summed E-state index contributed by atoms with van der Waals surface area (Å²) in [6.45, 7) is 0.832. The second-order valence-corrected chi connectivity index (χ2v) is 6.80. The molecule has 0 spiro atoms. The summed E-state index contributed by atoms with van der Waals surface area (Å²) in [6, 6.07) is 0.757. The van der Waals surface area contributed by atoms with Crippen molar-refractivity contribution in [3.8, 4) is 0 Å². The highest BCUT2D eigenvalue weighted by atomic mass is 32.1. The Bertz CT molecular complexity index is 911. The van der Waals surface area contributed by atoms with E-state index in [1.165, 1.54) is 4.90 Å². The van der Waals surface area contributed by atoms with E-state index in [0.29, 0.717) is 36.8 Å². The van der Waals surface area contributed by atoms with Crippen molar-refractivity contribution in [2.24, 2.45) is 0 Å². The van der Waals surface area contributed by atoms with Gasteiger partial charge in [0.15, 0.2) is 0 Å². The monoisotopic (exact) mass is 426 g/mol. The lowest BCUT2D eigenvalue weighted by molar-refractivity contribution is -0.150. The van der Waals surface area contributed by atoms with Crippen LogP contribution < -0.4 is 10.9 Å². The summed E-state index contributed by atoms with van der Waals surface area (Å²) in [6.07, 6.45) is -8.75. The zero-order valence-electron chi connectivity index (χ0n) is 13.9. The highest BCUT2D eigenvalue weighted by Crippen LogP contribution is 2.36. The fraction of sp³-hybridized carbons (Fsp3) is 0.400. The van der Waals surface area contributed by atoms with Crippen LogP contribution in [0.25, 0.3) is 0 Å². The van der Waals surface area contributed by atoms with Crippen LogP contribution >= 0.6 is 11.5 Å². The third kappa shape index (κ3) is 4.13. The second kappa shape index (κ2) is 7.11. The van der Waals surface area contributed by atoms with Gasteiger partial charge in [-0.1, -0.05) is 0 Å². The number of nitrogens with zero attached hydrogens (tertiary/aromatic N) is 2. The molecule has 3 heterocycles. The number of H-pyrrole nitrogens is 1. The normalized spacial score (nSPS) is 15.1. The smallest absolute Gasteiger partial charge is 0.345 e. The van der Waals surface area contributed by atoms with Crippen molar-refractivity contribution in [1.29, 1.82) is 0 Å². The van der Waals surface area contributed by atoms with Crippen molar-refractivity contribution in [3.05, 3.63) is 39.4 Å². The Hall–Kier alpha value is -2.57. The van der Waals surface area contributed by atoms with Gasteiger partial charge in [0, 0.05) is 18.8 Å². The number of pyridine rings is 1. The number of rotatable bonds is 3. The molecular formula is C15H12F6N4O2S. The third-order valence-electron chi connectivity index (χ3n) is 3.97. The van der Waals surface area contributed by atoms with Gasteiger partial charge in [0.25, 0.3) is 11.5 Å². The Morgan fingerprint density at radius 3 is 2.11 bits per heavy atom. The predicted molar refractivity (Wildman–Crippen MR) is 87.6 cm³/mol. The van der Waals surface area contributed by atoms with Crippen molar-refractivity contribution < 1.29 is 31.1 Å². The Morgan fingerprint density at radius 2 is 1.61 bits per heavy atom. The topological polar surface area (TPSA) is 78.1 Å². The number of hydrogen-bond donors (Lipinski definition) is 2. The minimum absolute atomic E-state index is 0.172. The van der Waals surface area contributed by atoms with E-state index in [-0.39, 0.29) is 10.6 Å². The van der Waals surface area contributed by atoms with Gasteiger partial charge in [-0.15, -0.1) is 0 Å². The molecule has 0 radical (unpaired) electrons. The zero-order chi connectivity index (χ0) is 20.7. The second-order valence-electron chi connectivity index (χ2n) is 5.98. The molecule has 2 aromatic heterocycles. The van der Waals surface area contributed by atoms with Crippen LogP contribution in [-0.2, 0) is 12.4 Å². The van der Waals surface area contributed by atoms with Gasteiger partial charge in [-0.2, -0.15) is 26.3 Å². The lowest BCUT2D eigenvalue weighted by Crippen LogP contribution is -2.31. The van der Waals surface area contributed by atoms with E-state index in [4.69, 9.17) is 0 Å². The molecule has 0 unspecified atom stereocenters. The first-order valence-corrected chi connectivity index (χ1v) is 8.72. The number of anilines is 2. The summed E-state index contributed by atoms with van der Waals surface area (Å²) < 4.78 is 79.8. The molecule has 3 rings (SSSR count). The summed E-state index contributed by atoms with van der Waals surface area (Å²) in [5.74, 6) is -0.636. The molecule has 152 valence electrons. The zero-order valence-corrected chi connectivity index (χ0v) is 14.7. The van der Waals surface area contributed by atoms with E-state index in [1.807, 2.05) is 0 Å². The van der Waals surface area contributed by atoms with Gasteiger partial charge in [-0.25, -0.2) is 4.98 Å². The van der Waals surface area contributed by atoms with Gasteiger partial charge in [0.1, 0.15) is 22.0 Å². The highest BCUT2D eigenvalue weighted by molar-refractivity contribution is 7.10. The molecule has 2 N–H and O–H groups in total. The molecule has 1 aliphatic rings. The Balaban J connectivity index is 2.00. The van der Waals surface area contributed by atoms with Crippen LogP contribution in [0.5, 0.6) is 0 Å². The quantitative estimate of drug-likeness (QED) is 0.731. The van der Waals surface area contributed by atoms with E-state index >= 15 is 0 Å². The van der Waals surface area contributed by atoms with Crippen LogP contribution in [0.2, 0.25) is 0 Å². The summed E-state index contributed by atoms with van der Waals surface area (Å²) in [7, 11) is 0. The number of aromatic amines is 1. The van der Waals surface area contributed by atoms with E-state index in [0.717, 1.165) is 12.8 Å². The fourth-order valence-corrected chi connectivity index (χ4v) is 3.44. The lowest BCUT2D eigenvalue weighted by atomic mass is 10.2. The van der Waals surface area contributed by atoms with Crippen molar-refractivity contribution in [2.45, 2.75) is 25.2 Å². The highest BCUT2D eigenvalue weighted by Gasteiger charge is 2.39. The number of carbonyl (C=O) groups excluding carboxylic acids is 1. The molecular weight excluding hydrogens is 414 g/mol. The van der Waals surface area contributed by atoms with Gasteiger partial charge < -0.3 is 10.2 Å². The molecule has 0 aromatic carbocycles. The van der Waals surface area contributed by atoms with Crippen LogP contribution in [0, 0.1) is 0 Å². The number of aromatic nitrogens is 2. The van der Waals surface area contributed by atoms with Crippen LogP contribution in [0.4, 0.5) is 37.0 Å². The van der Waals surface area contributed by atoms with Crippen molar-refractivity contribution in [2.75, 3.05) is 18.4 Å². The molecule has 1 fully saturated rings. The first-order valence-electron chi connectivity index (χ1n) is 7.91. The standard InChI is InChI=1S/C15H12F6N4O2S/c16-14(17,18)8-5-7(6-9(23-8)15(19,20)21)22-12-10(11(26)24-28-12)13(27)25-3-1-2-4-25/h5-6H,1-4H2,(H,22,23)(H,24,26). The van der Waals surface area contributed by atoms with Crippen LogP contribution in [0.1, 0.15) is 34.6 Å². The maximum absolute atomic E-state index is 12.9. The lowest BCUT2D eigenvalue weighted by Gasteiger charge is -2.16. The summed E-state index contributed by atoms with van der Waals surface area (Å²) in [5.41, 5.74) is -5.22. The van der Waals surface area contributed by atoms with Crippen molar-refractivity contribution in [1.82, 2.24) is 14.3 Å². The number of halogens is 6. The van der Waals surface area contributed by atoms with Crippen LogP contribution in [-0.4, -0.2) is 33.3 Å². The summed E-state index contributed by atoms with van der Waals surface area (Å²) in [5, 5.41) is 2.15. The largest absolute Gasteiger partial charge is 0.433 e. The maximum Gasteiger partial charge on any atom is 0.433 e. The molecule has 1 saturated heterocycles. The molecule has 1 amide bonds. The van der Waals surface area contributed by atoms with Crippen molar-refractivity contribution in [3.63, 3.8) is 0 Å². The SMILES string of the molecule is O=C(c1c(Nc2cc(C(F)(F)F)nc(C(F)(F)F)c2)s[nH]c1=O)N1CCCC1. The predicted octanol–water partition coefficient (Wildman–Crippen LogP) is 3.85. The minimum atomic E-state index is -5.11. The Kier molecular flexibility index (Phi) is 5.12. The van der Waals surface area contributed by atoms with E-state index in [9.17, 15) is 35.9 Å². The van der Waals surface area contributed by atoms with Crippen LogP contribution in [0.15, 0.2) is 16.9 Å². The molecule has 1 aliphatic heterocycles. The van der Waals surface area contributed by atoms with E-state index in [1.54, 1.807) is 0 Å². The molecule has 2 aromatic rings. The van der Waals surface area contributed by atoms with Gasteiger partial charge in [0.2, 0.25) is 0 Å². The van der Waals surface area contributed by atoms with Gasteiger partial charge in [-0.05, 0) is 36.5 Å². The van der Waals surface area contributed by atoms with Gasteiger partial charge >= 0.3 is 12.4 Å². The average molecular weight is 426 g/mol. The fourth-order valence-electron chi connectivity index (χ4n) is 2.69. The van der Waals surface area contributed by atoms with Gasteiger partial charge in [0.05, 0.1) is 0 Å². The van der Waals surface area contributed by atoms with Crippen LogP contribution in [0.3, 0.4) is 0 Å². The van der Waals surface area contributed by atoms with E-state index < -0.39 is 40.9 Å². The van der Waals surface area contributed by atoms with Crippen molar-refractivity contribution >= 4 is 28.1 Å². The maximum atomic E-state index is 12.9. The Morgan fingerprint density at radius 1 is 1.07 bits per heavy atom. The molecule has 0 saturated carbocycles. The molecule has 0 atom stereocenters. The molecule has 0 aliphatic carbocycles. The molecule has 6 nitrogen and oxygen atoms in total. The number of carbonyl (C=O) groups is 1.